The van der Waals surface area contributed by atoms with E-state index in [1.807, 2.05) is 11.6 Å². The highest BCUT2D eigenvalue weighted by atomic mass is 32.2. The lowest BCUT2D eigenvalue weighted by Gasteiger charge is -2.20. The zero-order chi connectivity index (χ0) is 11.9. The van der Waals surface area contributed by atoms with Crippen LogP contribution in [0.15, 0.2) is 0 Å². The summed E-state index contributed by atoms with van der Waals surface area (Å²) >= 11 is 0. The minimum Gasteiger partial charge on any atom is -0.395 e. The van der Waals surface area contributed by atoms with Gasteiger partial charge in [-0.15, -0.1) is 0 Å². The maximum absolute atomic E-state index is 11.6. The van der Waals surface area contributed by atoms with Crippen LogP contribution < -0.4 is 4.72 Å². The summed E-state index contributed by atoms with van der Waals surface area (Å²) in [7, 11) is -3.78. The third kappa shape index (κ3) is 5.10. The minimum atomic E-state index is -3.78. The quantitative estimate of drug-likeness (QED) is 0.623. The molecule has 0 saturated heterocycles. The Morgan fingerprint density at radius 1 is 1.33 bits per heavy atom. The topological polar surface area (TPSA) is 86.7 Å². The van der Waals surface area contributed by atoms with Crippen molar-refractivity contribution < 1.29 is 18.3 Å². The van der Waals surface area contributed by atoms with Gasteiger partial charge in [-0.3, -0.25) is 4.79 Å². The van der Waals surface area contributed by atoms with Crippen molar-refractivity contribution in [3.05, 3.63) is 0 Å². The number of carbonyl (C=O) groups is 1. The highest BCUT2D eigenvalue weighted by molar-refractivity contribution is 7.87. The van der Waals surface area contributed by atoms with Crippen LogP contribution in [0.4, 0.5) is 0 Å². The molecule has 0 aliphatic heterocycles. The normalized spacial score (nSPS) is 11.7. The molecule has 2 N–H and O–H groups in total. The Labute approximate surface area is 90.5 Å². The molecule has 90 valence electrons. The number of hydrogen-bond donors (Lipinski definition) is 2. The molecule has 0 radical (unpaired) electrons. The van der Waals surface area contributed by atoms with Gasteiger partial charge >= 0.3 is 10.2 Å². The summed E-state index contributed by atoms with van der Waals surface area (Å²) < 4.78 is 26.1. The van der Waals surface area contributed by atoms with Crippen LogP contribution in [0.1, 0.15) is 26.7 Å². The predicted octanol–water partition coefficient (Wildman–Crippen LogP) is -0.538. The average molecular weight is 238 g/mol. The lowest BCUT2D eigenvalue weighted by molar-refractivity contribution is -0.119. The molecular formula is C8H18N2O4S. The Morgan fingerprint density at radius 3 is 2.33 bits per heavy atom. The summed E-state index contributed by atoms with van der Waals surface area (Å²) in [5.41, 5.74) is 0. The molecule has 0 aromatic carbocycles. The smallest absolute Gasteiger partial charge is 0.303 e. The standard InChI is InChI=1S/C8H18N2O4S/c1-3-5-10(6-7-11)15(13,14)9-8(12)4-2/h11H,3-7H2,1-2H3,(H,9,12). The van der Waals surface area contributed by atoms with E-state index in [1.54, 1.807) is 6.92 Å². The van der Waals surface area contributed by atoms with E-state index in [2.05, 4.69) is 0 Å². The maximum atomic E-state index is 11.6. The molecule has 0 aromatic rings. The molecule has 0 aromatic heterocycles. The molecule has 0 heterocycles. The molecule has 0 spiro atoms. The lowest BCUT2D eigenvalue weighted by atomic mass is 10.5. The van der Waals surface area contributed by atoms with Gasteiger partial charge in [0, 0.05) is 19.5 Å². The van der Waals surface area contributed by atoms with E-state index >= 15 is 0 Å². The first kappa shape index (κ1) is 14.3. The average Bonchev–Trinajstić information content (AvgIpc) is 2.16. The molecule has 0 aliphatic carbocycles. The SMILES string of the molecule is CCCN(CCO)S(=O)(=O)NC(=O)CC. The fourth-order valence-corrected chi connectivity index (χ4v) is 2.30. The van der Waals surface area contributed by atoms with Gasteiger partial charge in [-0.1, -0.05) is 13.8 Å². The summed E-state index contributed by atoms with van der Waals surface area (Å²) in [5, 5.41) is 8.70. The zero-order valence-corrected chi connectivity index (χ0v) is 9.88. The number of nitrogens with one attached hydrogen (secondary N) is 1. The van der Waals surface area contributed by atoms with E-state index in [-0.39, 0.29) is 26.1 Å². The molecule has 0 unspecified atom stereocenters. The van der Waals surface area contributed by atoms with Gasteiger partial charge in [0.25, 0.3) is 0 Å². The van der Waals surface area contributed by atoms with Crippen LogP contribution in [-0.4, -0.2) is 43.4 Å². The van der Waals surface area contributed by atoms with E-state index < -0.39 is 16.1 Å². The maximum Gasteiger partial charge on any atom is 0.303 e. The summed E-state index contributed by atoms with van der Waals surface area (Å²) in [6, 6.07) is 0. The van der Waals surface area contributed by atoms with Gasteiger partial charge in [-0.2, -0.15) is 12.7 Å². The monoisotopic (exact) mass is 238 g/mol. The first-order valence-corrected chi connectivity index (χ1v) is 6.33. The largest absolute Gasteiger partial charge is 0.395 e. The van der Waals surface area contributed by atoms with E-state index in [0.29, 0.717) is 6.42 Å². The van der Waals surface area contributed by atoms with Crippen molar-refractivity contribution in [3.63, 3.8) is 0 Å². The molecule has 0 fully saturated rings. The van der Waals surface area contributed by atoms with Crippen molar-refractivity contribution in [1.29, 1.82) is 0 Å². The molecule has 0 bridgehead atoms. The van der Waals surface area contributed by atoms with Crippen molar-refractivity contribution >= 4 is 16.1 Å². The highest BCUT2D eigenvalue weighted by Gasteiger charge is 2.21. The molecule has 0 saturated carbocycles. The molecule has 7 heteroatoms. The lowest BCUT2D eigenvalue weighted by Crippen LogP contribution is -2.44. The van der Waals surface area contributed by atoms with Crippen LogP contribution in [0, 0.1) is 0 Å². The van der Waals surface area contributed by atoms with Crippen LogP contribution in [0.2, 0.25) is 0 Å². The molecule has 15 heavy (non-hydrogen) atoms. The molecule has 0 aliphatic rings. The van der Waals surface area contributed by atoms with Crippen LogP contribution in [0.3, 0.4) is 0 Å². The summed E-state index contributed by atoms with van der Waals surface area (Å²) in [4.78, 5) is 11.0. The van der Waals surface area contributed by atoms with Gasteiger partial charge in [-0.25, -0.2) is 4.72 Å². The number of amides is 1. The Balaban J connectivity index is 4.56. The van der Waals surface area contributed by atoms with Crippen molar-refractivity contribution in [3.8, 4) is 0 Å². The number of aliphatic hydroxyl groups excluding tert-OH is 1. The number of aliphatic hydroxyl groups is 1. The van der Waals surface area contributed by atoms with E-state index in [0.717, 1.165) is 4.31 Å². The van der Waals surface area contributed by atoms with Gasteiger partial charge < -0.3 is 5.11 Å². The molecule has 6 nitrogen and oxygen atoms in total. The predicted molar refractivity (Wildman–Crippen MR) is 56.3 cm³/mol. The third-order valence-corrected chi connectivity index (χ3v) is 3.26. The second-order valence-electron chi connectivity index (χ2n) is 3.01. The van der Waals surface area contributed by atoms with E-state index in [4.69, 9.17) is 5.11 Å². The number of hydrogen-bond acceptors (Lipinski definition) is 4. The molecular weight excluding hydrogens is 220 g/mol. The Kier molecular flexibility index (Phi) is 6.46. The number of nitrogens with zero attached hydrogens (tertiary/aromatic N) is 1. The fourth-order valence-electron chi connectivity index (χ4n) is 0.994. The zero-order valence-electron chi connectivity index (χ0n) is 9.06. The van der Waals surface area contributed by atoms with Crippen molar-refractivity contribution in [2.45, 2.75) is 26.7 Å². The van der Waals surface area contributed by atoms with Crippen LogP contribution in [-0.2, 0) is 15.0 Å². The molecule has 0 rings (SSSR count). The number of carbonyl (C=O) groups excluding carboxylic acids is 1. The fraction of sp³-hybridized carbons (Fsp3) is 0.875. The highest BCUT2D eigenvalue weighted by Crippen LogP contribution is 1.99. The van der Waals surface area contributed by atoms with Gasteiger partial charge in [0.15, 0.2) is 0 Å². The van der Waals surface area contributed by atoms with E-state index in [9.17, 15) is 13.2 Å². The Bertz CT molecular complexity index is 283. The van der Waals surface area contributed by atoms with E-state index in [1.165, 1.54) is 0 Å². The van der Waals surface area contributed by atoms with Gasteiger partial charge in [-0.05, 0) is 6.42 Å². The third-order valence-electron chi connectivity index (χ3n) is 1.73. The second kappa shape index (κ2) is 6.76. The van der Waals surface area contributed by atoms with Gasteiger partial charge in [0.1, 0.15) is 0 Å². The van der Waals surface area contributed by atoms with Gasteiger partial charge in [0.05, 0.1) is 6.61 Å². The Hall–Kier alpha value is -0.660. The second-order valence-corrected chi connectivity index (χ2v) is 4.68. The van der Waals surface area contributed by atoms with Gasteiger partial charge in [0.2, 0.25) is 5.91 Å². The Morgan fingerprint density at radius 2 is 1.93 bits per heavy atom. The summed E-state index contributed by atoms with van der Waals surface area (Å²) in [6.45, 7) is 3.41. The minimum absolute atomic E-state index is 0.000166. The first-order chi connectivity index (χ1) is 6.97. The number of rotatable bonds is 7. The molecule has 1 amide bonds. The summed E-state index contributed by atoms with van der Waals surface area (Å²) in [5.74, 6) is -0.547. The van der Waals surface area contributed by atoms with Crippen LogP contribution in [0.25, 0.3) is 0 Å². The van der Waals surface area contributed by atoms with Crippen molar-refractivity contribution in [1.82, 2.24) is 9.03 Å². The van der Waals surface area contributed by atoms with Crippen LogP contribution in [0.5, 0.6) is 0 Å². The first-order valence-electron chi connectivity index (χ1n) is 4.89. The molecule has 0 atom stereocenters. The van der Waals surface area contributed by atoms with Crippen molar-refractivity contribution in [2.75, 3.05) is 19.7 Å². The summed E-state index contributed by atoms with van der Waals surface area (Å²) in [6.07, 6.45) is 0.736. The van der Waals surface area contributed by atoms with Crippen molar-refractivity contribution in [2.24, 2.45) is 0 Å². The van der Waals surface area contributed by atoms with Crippen LogP contribution >= 0.6 is 0 Å².